The van der Waals surface area contributed by atoms with Gasteiger partial charge in [0.15, 0.2) is 5.75 Å². The molecule has 0 spiro atoms. The van der Waals surface area contributed by atoms with Gasteiger partial charge in [0.1, 0.15) is 11.5 Å². The highest BCUT2D eigenvalue weighted by atomic mass is 16.5. The highest BCUT2D eigenvalue weighted by Gasteiger charge is 2.15. The number of carbonyl (C=O) groups is 1. The van der Waals surface area contributed by atoms with Crippen LogP contribution in [-0.4, -0.2) is 11.1 Å². The quantitative estimate of drug-likeness (QED) is 0.762. The lowest BCUT2D eigenvalue weighted by molar-refractivity contribution is -0.115. The zero-order valence-corrected chi connectivity index (χ0v) is 13.6. The number of rotatable bonds is 5. The summed E-state index contributed by atoms with van der Waals surface area (Å²) in [6.45, 7) is 3.63. The maximum absolute atomic E-state index is 12.4. The van der Waals surface area contributed by atoms with Crippen LogP contribution in [0.5, 0.6) is 11.5 Å². The summed E-state index contributed by atoms with van der Waals surface area (Å²) in [5.74, 6) is 1.82. The van der Waals surface area contributed by atoms with Crippen molar-refractivity contribution in [3.8, 4) is 11.5 Å². The summed E-state index contributed by atoms with van der Waals surface area (Å²) < 4.78 is 10.9. The molecule has 5 heteroatoms. The van der Waals surface area contributed by atoms with Gasteiger partial charge in [0.25, 0.3) is 0 Å². The van der Waals surface area contributed by atoms with Crippen LogP contribution in [0.4, 0.5) is 5.69 Å². The molecule has 0 aliphatic heterocycles. The van der Waals surface area contributed by atoms with Crippen LogP contribution in [0, 0.1) is 13.8 Å². The minimum atomic E-state index is -0.145. The largest absolute Gasteiger partial charge is 0.455 e. The second kappa shape index (κ2) is 7.00. The maximum atomic E-state index is 12.4. The molecule has 5 nitrogen and oxygen atoms in total. The molecule has 0 radical (unpaired) electrons. The summed E-state index contributed by atoms with van der Waals surface area (Å²) in [6.07, 6.45) is 0.209. The van der Waals surface area contributed by atoms with Crippen molar-refractivity contribution >= 4 is 11.6 Å². The van der Waals surface area contributed by atoms with Gasteiger partial charge < -0.3 is 14.6 Å². The van der Waals surface area contributed by atoms with E-state index in [1.165, 1.54) is 0 Å². The van der Waals surface area contributed by atoms with E-state index in [1.807, 2.05) is 61.5 Å². The number of hydrogen-bond donors (Lipinski definition) is 1. The van der Waals surface area contributed by atoms with Crippen molar-refractivity contribution in [2.24, 2.45) is 0 Å². The Labute approximate surface area is 140 Å². The number of ether oxygens (including phenoxy) is 1. The summed E-state index contributed by atoms with van der Waals surface area (Å²) in [4.78, 5) is 12.4. The Morgan fingerprint density at radius 1 is 1.08 bits per heavy atom. The SMILES string of the molecule is Cc1noc(C)c1CC(=O)Nc1ccccc1Oc1ccccc1. The Kier molecular flexibility index (Phi) is 4.61. The molecule has 1 heterocycles. The van der Waals surface area contributed by atoms with Gasteiger partial charge in [-0.15, -0.1) is 0 Å². The summed E-state index contributed by atoms with van der Waals surface area (Å²) in [6, 6.07) is 16.8. The Morgan fingerprint density at radius 3 is 2.50 bits per heavy atom. The van der Waals surface area contributed by atoms with Gasteiger partial charge in [0.2, 0.25) is 5.91 Å². The van der Waals surface area contributed by atoms with E-state index in [1.54, 1.807) is 6.92 Å². The molecule has 1 N–H and O–H groups in total. The highest BCUT2D eigenvalue weighted by Crippen LogP contribution is 2.29. The molecule has 122 valence electrons. The zero-order chi connectivity index (χ0) is 16.9. The molecule has 1 aromatic heterocycles. The van der Waals surface area contributed by atoms with E-state index in [4.69, 9.17) is 9.26 Å². The van der Waals surface area contributed by atoms with Crippen LogP contribution in [0.3, 0.4) is 0 Å². The summed E-state index contributed by atoms with van der Waals surface area (Å²) in [5.41, 5.74) is 2.17. The standard InChI is InChI=1S/C19H18N2O3/c1-13-16(14(2)24-21-13)12-19(22)20-17-10-6-7-11-18(17)23-15-8-4-3-5-9-15/h3-11H,12H2,1-2H3,(H,20,22). The first-order chi connectivity index (χ1) is 11.6. The van der Waals surface area contributed by atoms with E-state index in [0.29, 0.717) is 22.9 Å². The third-order valence-electron chi connectivity index (χ3n) is 3.65. The van der Waals surface area contributed by atoms with Gasteiger partial charge in [-0.2, -0.15) is 0 Å². The third kappa shape index (κ3) is 3.63. The Bertz CT molecular complexity index is 821. The molecule has 3 aromatic rings. The minimum Gasteiger partial charge on any atom is -0.455 e. The molecule has 2 aromatic carbocycles. The van der Waals surface area contributed by atoms with Crippen molar-refractivity contribution in [3.63, 3.8) is 0 Å². The maximum Gasteiger partial charge on any atom is 0.229 e. The molecule has 0 aliphatic rings. The van der Waals surface area contributed by atoms with E-state index in [9.17, 15) is 4.79 Å². The van der Waals surface area contributed by atoms with Crippen LogP contribution in [0.1, 0.15) is 17.0 Å². The van der Waals surface area contributed by atoms with Crippen molar-refractivity contribution in [2.45, 2.75) is 20.3 Å². The van der Waals surface area contributed by atoms with E-state index >= 15 is 0 Å². The predicted octanol–water partition coefficient (Wildman–Crippen LogP) is 4.26. The number of anilines is 1. The number of hydrogen-bond acceptors (Lipinski definition) is 4. The van der Waals surface area contributed by atoms with Crippen molar-refractivity contribution in [1.29, 1.82) is 0 Å². The van der Waals surface area contributed by atoms with Crippen molar-refractivity contribution in [3.05, 3.63) is 71.6 Å². The monoisotopic (exact) mass is 322 g/mol. The van der Waals surface area contributed by atoms with Crippen LogP contribution in [0.2, 0.25) is 0 Å². The lowest BCUT2D eigenvalue weighted by Gasteiger charge is -2.12. The molecule has 0 fully saturated rings. The topological polar surface area (TPSA) is 64.4 Å². The Hall–Kier alpha value is -3.08. The van der Waals surface area contributed by atoms with Gasteiger partial charge in [-0.05, 0) is 38.1 Å². The molecule has 0 unspecified atom stereocenters. The first kappa shape index (κ1) is 15.8. The second-order valence-corrected chi connectivity index (χ2v) is 5.44. The fourth-order valence-corrected chi connectivity index (χ4v) is 2.38. The predicted molar refractivity (Wildman–Crippen MR) is 91.3 cm³/mol. The van der Waals surface area contributed by atoms with Crippen molar-refractivity contribution < 1.29 is 14.1 Å². The fraction of sp³-hybridized carbons (Fsp3) is 0.158. The Morgan fingerprint density at radius 2 is 1.79 bits per heavy atom. The first-order valence-corrected chi connectivity index (χ1v) is 7.67. The lowest BCUT2D eigenvalue weighted by Crippen LogP contribution is -2.15. The highest BCUT2D eigenvalue weighted by molar-refractivity contribution is 5.93. The number of para-hydroxylation sites is 3. The first-order valence-electron chi connectivity index (χ1n) is 7.67. The number of aryl methyl sites for hydroxylation is 2. The van der Waals surface area contributed by atoms with Gasteiger partial charge in [-0.3, -0.25) is 4.79 Å². The van der Waals surface area contributed by atoms with E-state index in [2.05, 4.69) is 10.5 Å². The van der Waals surface area contributed by atoms with Gasteiger partial charge in [-0.25, -0.2) is 0 Å². The number of aromatic nitrogens is 1. The number of amides is 1. The average molecular weight is 322 g/mol. The van der Waals surface area contributed by atoms with Gasteiger partial charge >= 0.3 is 0 Å². The zero-order valence-electron chi connectivity index (χ0n) is 13.6. The molecule has 1 amide bonds. The lowest BCUT2D eigenvalue weighted by atomic mass is 10.1. The smallest absolute Gasteiger partial charge is 0.229 e. The number of carbonyl (C=O) groups excluding carboxylic acids is 1. The molecule has 0 atom stereocenters. The minimum absolute atomic E-state index is 0.145. The molecule has 24 heavy (non-hydrogen) atoms. The summed E-state index contributed by atoms with van der Waals surface area (Å²) >= 11 is 0. The number of benzene rings is 2. The molecule has 0 saturated heterocycles. The summed E-state index contributed by atoms with van der Waals surface area (Å²) in [5, 5.41) is 6.76. The van der Waals surface area contributed by atoms with Crippen LogP contribution in [0.25, 0.3) is 0 Å². The summed E-state index contributed by atoms with van der Waals surface area (Å²) in [7, 11) is 0. The van der Waals surface area contributed by atoms with Crippen LogP contribution < -0.4 is 10.1 Å². The molecule has 0 bridgehead atoms. The number of nitrogens with zero attached hydrogens (tertiary/aromatic N) is 1. The molecule has 3 rings (SSSR count). The molecule has 0 aliphatic carbocycles. The van der Waals surface area contributed by atoms with E-state index in [0.717, 1.165) is 11.3 Å². The van der Waals surface area contributed by atoms with Crippen molar-refractivity contribution in [1.82, 2.24) is 5.16 Å². The second-order valence-electron chi connectivity index (χ2n) is 5.44. The van der Waals surface area contributed by atoms with Crippen molar-refractivity contribution in [2.75, 3.05) is 5.32 Å². The molecular weight excluding hydrogens is 304 g/mol. The molecular formula is C19H18N2O3. The van der Waals surface area contributed by atoms with Crippen LogP contribution >= 0.6 is 0 Å². The Balaban J connectivity index is 1.74. The average Bonchev–Trinajstić information content (AvgIpc) is 2.89. The third-order valence-corrected chi connectivity index (χ3v) is 3.65. The fourth-order valence-electron chi connectivity index (χ4n) is 2.38. The normalized spacial score (nSPS) is 10.4. The van der Waals surface area contributed by atoms with Gasteiger partial charge in [0, 0.05) is 5.56 Å². The van der Waals surface area contributed by atoms with Crippen LogP contribution in [-0.2, 0) is 11.2 Å². The molecule has 0 saturated carbocycles. The van der Waals surface area contributed by atoms with E-state index in [-0.39, 0.29) is 12.3 Å². The number of nitrogens with one attached hydrogen (secondary N) is 1. The van der Waals surface area contributed by atoms with E-state index < -0.39 is 0 Å². The van der Waals surface area contributed by atoms with Gasteiger partial charge in [-0.1, -0.05) is 35.5 Å². The van der Waals surface area contributed by atoms with Gasteiger partial charge in [0.05, 0.1) is 17.8 Å². The van der Waals surface area contributed by atoms with Crippen LogP contribution in [0.15, 0.2) is 59.1 Å².